The molecule has 0 aliphatic carbocycles. The lowest BCUT2D eigenvalue weighted by Gasteiger charge is -2.05. The Morgan fingerprint density at radius 1 is 1.33 bits per heavy atom. The van der Waals surface area contributed by atoms with E-state index in [1.807, 2.05) is 6.92 Å². The molecule has 0 saturated carbocycles. The van der Waals surface area contributed by atoms with Crippen molar-refractivity contribution >= 4 is 27.6 Å². The molecule has 0 amide bonds. The van der Waals surface area contributed by atoms with Crippen LogP contribution in [-0.4, -0.2) is 31.0 Å². The minimum atomic E-state index is -3.50. The number of benzene rings is 1. The number of carboxylic acids is 1. The van der Waals surface area contributed by atoms with Crippen molar-refractivity contribution in [1.82, 2.24) is 0 Å². The normalized spacial score (nSPS) is 11.5. The minimum Gasteiger partial charge on any atom is -0.478 e. The molecule has 0 aliphatic rings. The van der Waals surface area contributed by atoms with Gasteiger partial charge < -0.3 is 9.52 Å². The van der Waals surface area contributed by atoms with Crippen LogP contribution in [0.5, 0.6) is 0 Å². The molecule has 21 heavy (non-hydrogen) atoms. The van der Waals surface area contributed by atoms with E-state index >= 15 is 0 Å². The lowest BCUT2D eigenvalue weighted by atomic mass is 10.2. The number of hydrogen-bond acceptors (Lipinski definition) is 5. The summed E-state index contributed by atoms with van der Waals surface area (Å²) in [6.45, 7) is 1.81. The molecule has 0 atom stereocenters. The summed E-state index contributed by atoms with van der Waals surface area (Å²) in [4.78, 5) is 11.8. The van der Waals surface area contributed by atoms with Gasteiger partial charge >= 0.3 is 5.97 Å². The van der Waals surface area contributed by atoms with Crippen LogP contribution in [0.15, 0.2) is 50.8 Å². The predicted octanol–water partition coefficient (Wildman–Crippen LogP) is 2.85. The molecule has 1 aromatic carbocycles. The molecule has 0 fully saturated rings. The van der Waals surface area contributed by atoms with E-state index < -0.39 is 15.8 Å². The molecule has 1 aromatic heterocycles. The molecule has 0 spiro atoms. The van der Waals surface area contributed by atoms with Crippen molar-refractivity contribution in [3.8, 4) is 0 Å². The fraction of sp³-hybridized carbons (Fsp3) is 0.214. The standard InChI is InChI=1S/C14H14O5S2/c1-10-13(5-6-19-10)20-7-8-21(17,18)12-4-2-3-11(9-12)14(15)16/h2-6,9H,7-8H2,1H3,(H,15,16). The largest absolute Gasteiger partial charge is 0.478 e. The second-order valence-electron chi connectivity index (χ2n) is 4.34. The van der Waals surface area contributed by atoms with Gasteiger partial charge in [-0.2, -0.15) is 0 Å². The molecule has 0 bridgehead atoms. The molecular formula is C14H14O5S2. The average molecular weight is 326 g/mol. The smallest absolute Gasteiger partial charge is 0.335 e. The van der Waals surface area contributed by atoms with Gasteiger partial charge in [-0.25, -0.2) is 13.2 Å². The maximum atomic E-state index is 12.2. The van der Waals surface area contributed by atoms with Gasteiger partial charge in [0.25, 0.3) is 0 Å². The number of rotatable bonds is 6. The van der Waals surface area contributed by atoms with Crippen LogP contribution in [0, 0.1) is 6.92 Å². The number of thioether (sulfide) groups is 1. The van der Waals surface area contributed by atoms with Crippen LogP contribution in [0.2, 0.25) is 0 Å². The van der Waals surface area contributed by atoms with Gasteiger partial charge in [-0.15, -0.1) is 11.8 Å². The van der Waals surface area contributed by atoms with Crippen LogP contribution < -0.4 is 0 Å². The van der Waals surface area contributed by atoms with Crippen molar-refractivity contribution in [2.75, 3.05) is 11.5 Å². The van der Waals surface area contributed by atoms with Gasteiger partial charge in [0.2, 0.25) is 0 Å². The van der Waals surface area contributed by atoms with E-state index in [4.69, 9.17) is 9.52 Å². The number of carboxylic acid groups (broad SMARTS) is 1. The van der Waals surface area contributed by atoms with Crippen molar-refractivity contribution in [1.29, 1.82) is 0 Å². The SMILES string of the molecule is Cc1occc1SCCS(=O)(=O)c1cccc(C(=O)O)c1. The Bertz CT molecular complexity index is 746. The highest BCUT2D eigenvalue weighted by atomic mass is 32.2. The number of aromatic carboxylic acids is 1. The minimum absolute atomic E-state index is 0.0330. The monoisotopic (exact) mass is 326 g/mol. The Hall–Kier alpha value is -1.73. The number of sulfone groups is 1. The van der Waals surface area contributed by atoms with Crippen LogP contribution >= 0.6 is 11.8 Å². The van der Waals surface area contributed by atoms with E-state index in [1.54, 1.807) is 12.3 Å². The molecule has 2 rings (SSSR count). The zero-order valence-electron chi connectivity index (χ0n) is 11.3. The molecule has 1 heterocycles. The number of aryl methyl sites for hydroxylation is 1. The van der Waals surface area contributed by atoms with Crippen molar-refractivity contribution in [2.45, 2.75) is 16.7 Å². The quantitative estimate of drug-likeness (QED) is 0.822. The molecule has 0 saturated heterocycles. The average Bonchev–Trinajstić information content (AvgIpc) is 2.84. The van der Waals surface area contributed by atoms with Gasteiger partial charge in [0.05, 0.1) is 22.5 Å². The topological polar surface area (TPSA) is 84.6 Å². The second-order valence-corrected chi connectivity index (χ2v) is 7.59. The number of carbonyl (C=O) groups is 1. The number of furan rings is 1. The Kier molecular flexibility index (Phi) is 4.74. The van der Waals surface area contributed by atoms with E-state index in [0.29, 0.717) is 5.75 Å². The summed E-state index contributed by atoms with van der Waals surface area (Å²) < 4.78 is 29.5. The molecular weight excluding hydrogens is 312 g/mol. The van der Waals surface area contributed by atoms with Gasteiger partial charge in [0, 0.05) is 10.6 Å². The first-order valence-electron chi connectivity index (χ1n) is 6.13. The first-order valence-corrected chi connectivity index (χ1v) is 8.77. The first-order chi connectivity index (χ1) is 9.90. The van der Waals surface area contributed by atoms with Gasteiger partial charge in [0.1, 0.15) is 5.76 Å². The Morgan fingerprint density at radius 2 is 2.10 bits per heavy atom. The summed E-state index contributed by atoms with van der Waals surface area (Å²) >= 11 is 1.40. The predicted molar refractivity (Wildman–Crippen MR) is 79.6 cm³/mol. The van der Waals surface area contributed by atoms with Gasteiger partial charge in [-0.3, -0.25) is 0 Å². The maximum Gasteiger partial charge on any atom is 0.335 e. The fourth-order valence-electron chi connectivity index (χ4n) is 1.72. The summed E-state index contributed by atoms with van der Waals surface area (Å²) in [5.74, 6) is -0.0773. The molecule has 5 nitrogen and oxygen atoms in total. The lowest BCUT2D eigenvalue weighted by Crippen LogP contribution is -2.10. The van der Waals surface area contributed by atoms with Gasteiger partial charge in [-0.1, -0.05) is 6.07 Å². The van der Waals surface area contributed by atoms with E-state index in [0.717, 1.165) is 10.7 Å². The highest BCUT2D eigenvalue weighted by molar-refractivity contribution is 8.00. The number of hydrogen-bond donors (Lipinski definition) is 1. The second kappa shape index (κ2) is 6.36. The molecule has 0 unspecified atom stereocenters. The summed E-state index contributed by atoms with van der Waals surface area (Å²) in [7, 11) is -3.50. The van der Waals surface area contributed by atoms with E-state index in [9.17, 15) is 13.2 Å². The van der Waals surface area contributed by atoms with Crippen LogP contribution in [0.4, 0.5) is 0 Å². The molecule has 0 aliphatic heterocycles. The molecule has 1 N–H and O–H groups in total. The molecule has 7 heteroatoms. The lowest BCUT2D eigenvalue weighted by molar-refractivity contribution is 0.0696. The van der Waals surface area contributed by atoms with Crippen LogP contribution in [-0.2, 0) is 9.84 Å². The van der Waals surface area contributed by atoms with Crippen molar-refractivity contribution in [3.05, 3.63) is 47.9 Å². The highest BCUT2D eigenvalue weighted by Gasteiger charge is 2.16. The zero-order valence-corrected chi connectivity index (χ0v) is 12.9. The van der Waals surface area contributed by atoms with Crippen molar-refractivity contribution < 1.29 is 22.7 Å². The van der Waals surface area contributed by atoms with Crippen molar-refractivity contribution in [3.63, 3.8) is 0 Å². The Labute approximate surface area is 126 Å². The van der Waals surface area contributed by atoms with Crippen LogP contribution in [0.1, 0.15) is 16.1 Å². The van der Waals surface area contributed by atoms with E-state index in [1.165, 1.54) is 36.0 Å². The maximum absolute atomic E-state index is 12.2. The molecule has 112 valence electrons. The third-order valence-electron chi connectivity index (χ3n) is 2.86. The highest BCUT2D eigenvalue weighted by Crippen LogP contribution is 2.24. The fourth-order valence-corrected chi connectivity index (χ4v) is 4.39. The first kappa shape index (κ1) is 15.7. The van der Waals surface area contributed by atoms with Crippen LogP contribution in [0.25, 0.3) is 0 Å². The summed E-state index contributed by atoms with van der Waals surface area (Å²) in [6, 6.07) is 7.19. The van der Waals surface area contributed by atoms with Gasteiger partial charge in [0.15, 0.2) is 9.84 Å². The Balaban J connectivity index is 2.06. The van der Waals surface area contributed by atoms with E-state index in [2.05, 4.69) is 0 Å². The third-order valence-corrected chi connectivity index (χ3v) is 5.98. The zero-order chi connectivity index (χ0) is 15.5. The summed E-state index contributed by atoms with van der Waals surface area (Å²) in [5, 5.41) is 8.90. The summed E-state index contributed by atoms with van der Waals surface area (Å²) in [5.41, 5.74) is -0.0330. The summed E-state index contributed by atoms with van der Waals surface area (Å²) in [6.07, 6.45) is 1.56. The van der Waals surface area contributed by atoms with E-state index in [-0.39, 0.29) is 16.2 Å². The van der Waals surface area contributed by atoms with Crippen molar-refractivity contribution in [2.24, 2.45) is 0 Å². The third kappa shape index (κ3) is 3.89. The molecule has 0 radical (unpaired) electrons. The Morgan fingerprint density at radius 3 is 2.71 bits per heavy atom. The van der Waals surface area contributed by atoms with Crippen LogP contribution in [0.3, 0.4) is 0 Å². The van der Waals surface area contributed by atoms with Gasteiger partial charge in [-0.05, 0) is 31.2 Å². The molecule has 2 aromatic rings.